The average Bonchev–Trinajstić information content (AvgIpc) is 2.58. The predicted molar refractivity (Wildman–Crippen MR) is 113 cm³/mol. The topological polar surface area (TPSA) is 9.23 Å². The first-order chi connectivity index (χ1) is 12.0. The van der Waals surface area contributed by atoms with Crippen LogP contribution < -0.4 is 0 Å². The van der Waals surface area contributed by atoms with Gasteiger partial charge in [0.1, 0.15) is 0 Å². The van der Waals surface area contributed by atoms with Crippen LogP contribution in [0.2, 0.25) is 0 Å². The number of ether oxygens (including phenoxy) is 1. The Morgan fingerprint density at radius 3 is 1.60 bits per heavy atom. The van der Waals surface area contributed by atoms with Gasteiger partial charge in [-0.2, -0.15) is 0 Å². The molecule has 0 saturated carbocycles. The van der Waals surface area contributed by atoms with Gasteiger partial charge in [0, 0.05) is 0 Å². The monoisotopic (exact) mass is 356 g/mol. The molecule has 0 aromatic heterocycles. The highest BCUT2D eigenvalue weighted by atomic mass is 16.5. The summed E-state index contributed by atoms with van der Waals surface area (Å²) in [5, 5.41) is 0. The van der Waals surface area contributed by atoms with Gasteiger partial charge in [-0.3, -0.25) is 0 Å². The molecular formula is C23H50NO+. The molecule has 0 aliphatic rings. The summed E-state index contributed by atoms with van der Waals surface area (Å²) in [6.45, 7) is 8.92. The van der Waals surface area contributed by atoms with Crippen molar-refractivity contribution in [2.75, 3.05) is 27.4 Å². The van der Waals surface area contributed by atoms with E-state index in [2.05, 4.69) is 34.9 Å². The molecule has 1 unspecified atom stereocenters. The van der Waals surface area contributed by atoms with Crippen molar-refractivity contribution in [1.29, 1.82) is 0 Å². The lowest BCUT2D eigenvalue weighted by molar-refractivity contribution is -0.910. The van der Waals surface area contributed by atoms with Crippen molar-refractivity contribution in [3.8, 4) is 0 Å². The first-order valence-electron chi connectivity index (χ1n) is 11.5. The number of rotatable bonds is 19. The van der Waals surface area contributed by atoms with Crippen molar-refractivity contribution in [3.63, 3.8) is 0 Å². The fourth-order valence-corrected chi connectivity index (χ4v) is 3.36. The molecule has 0 bridgehead atoms. The van der Waals surface area contributed by atoms with Gasteiger partial charge in [0.05, 0.1) is 26.7 Å². The van der Waals surface area contributed by atoms with E-state index in [0.29, 0.717) is 6.10 Å². The third-order valence-electron chi connectivity index (χ3n) is 5.29. The fraction of sp³-hybridized carbons (Fsp3) is 1.00. The van der Waals surface area contributed by atoms with Gasteiger partial charge in [-0.05, 0) is 26.2 Å². The molecule has 0 aliphatic carbocycles. The van der Waals surface area contributed by atoms with Crippen molar-refractivity contribution >= 4 is 0 Å². The molecule has 2 heteroatoms. The SMILES string of the molecule is CCCCCCCCCCCC[N+](C)(C)COC(C)CCCCCC. The molecule has 25 heavy (non-hydrogen) atoms. The Balaban J connectivity index is 3.48. The summed E-state index contributed by atoms with van der Waals surface area (Å²) in [5.74, 6) is 0. The first kappa shape index (κ1) is 24.9. The van der Waals surface area contributed by atoms with Gasteiger partial charge in [0.2, 0.25) is 0 Å². The molecule has 0 rings (SSSR count). The number of unbranched alkanes of at least 4 members (excludes halogenated alkanes) is 12. The Morgan fingerprint density at radius 2 is 1.08 bits per heavy atom. The van der Waals surface area contributed by atoms with Gasteiger partial charge >= 0.3 is 0 Å². The third-order valence-corrected chi connectivity index (χ3v) is 5.29. The molecule has 152 valence electrons. The van der Waals surface area contributed by atoms with Crippen LogP contribution in [-0.4, -0.2) is 38.0 Å². The lowest BCUT2D eigenvalue weighted by Crippen LogP contribution is -2.43. The molecular weight excluding hydrogens is 306 g/mol. The highest BCUT2D eigenvalue weighted by Gasteiger charge is 2.16. The smallest absolute Gasteiger partial charge is 0.183 e. The van der Waals surface area contributed by atoms with Crippen LogP contribution in [0.15, 0.2) is 0 Å². The van der Waals surface area contributed by atoms with Crippen molar-refractivity contribution < 1.29 is 9.22 Å². The van der Waals surface area contributed by atoms with Crippen LogP contribution in [0.3, 0.4) is 0 Å². The predicted octanol–water partition coefficient (Wildman–Crippen LogP) is 7.32. The molecule has 0 aromatic rings. The lowest BCUT2D eigenvalue weighted by Gasteiger charge is -2.30. The summed E-state index contributed by atoms with van der Waals surface area (Å²) in [6.07, 6.45) is 21.2. The zero-order valence-corrected chi connectivity index (χ0v) is 18.5. The lowest BCUT2D eigenvalue weighted by atomic mass is 10.1. The minimum Gasteiger partial charge on any atom is -0.329 e. The quantitative estimate of drug-likeness (QED) is 0.134. The third kappa shape index (κ3) is 18.5. The molecule has 0 fully saturated rings. The Kier molecular flexibility index (Phi) is 17.3. The van der Waals surface area contributed by atoms with E-state index in [4.69, 9.17) is 4.74 Å². The van der Waals surface area contributed by atoms with Gasteiger partial charge in [0.15, 0.2) is 6.73 Å². The maximum atomic E-state index is 6.10. The molecule has 0 N–H and O–H groups in total. The van der Waals surface area contributed by atoms with E-state index in [-0.39, 0.29) is 0 Å². The summed E-state index contributed by atoms with van der Waals surface area (Å²) < 4.78 is 7.11. The highest BCUT2D eigenvalue weighted by molar-refractivity contribution is 4.51. The van der Waals surface area contributed by atoms with Gasteiger partial charge < -0.3 is 9.22 Å². The van der Waals surface area contributed by atoms with E-state index in [1.165, 1.54) is 103 Å². The first-order valence-corrected chi connectivity index (χ1v) is 11.5. The summed E-state index contributed by atoms with van der Waals surface area (Å²) in [7, 11) is 4.63. The number of nitrogens with zero attached hydrogens (tertiary/aromatic N) is 1. The van der Waals surface area contributed by atoms with Crippen LogP contribution in [0, 0.1) is 0 Å². The van der Waals surface area contributed by atoms with Gasteiger partial charge in [-0.25, -0.2) is 0 Å². The van der Waals surface area contributed by atoms with E-state index in [0.717, 1.165) is 11.2 Å². The standard InChI is InChI=1S/C23H50NO/c1-6-8-10-12-13-14-15-16-17-19-21-24(4,5)22-25-23(3)20-18-11-9-7-2/h23H,6-22H2,1-5H3/q+1. The van der Waals surface area contributed by atoms with Gasteiger partial charge in [-0.1, -0.05) is 90.9 Å². The average molecular weight is 357 g/mol. The molecule has 0 spiro atoms. The van der Waals surface area contributed by atoms with Gasteiger partial charge in [-0.15, -0.1) is 0 Å². The van der Waals surface area contributed by atoms with Crippen LogP contribution >= 0.6 is 0 Å². The molecule has 0 radical (unpaired) electrons. The van der Waals surface area contributed by atoms with Crippen molar-refractivity contribution in [2.24, 2.45) is 0 Å². The minimum atomic E-state index is 0.418. The summed E-state index contributed by atoms with van der Waals surface area (Å²) in [4.78, 5) is 0. The Morgan fingerprint density at radius 1 is 0.640 bits per heavy atom. The summed E-state index contributed by atoms with van der Waals surface area (Å²) in [6, 6.07) is 0. The van der Waals surface area contributed by atoms with Crippen molar-refractivity contribution in [1.82, 2.24) is 0 Å². The summed E-state index contributed by atoms with van der Waals surface area (Å²) >= 11 is 0. The van der Waals surface area contributed by atoms with E-state index in [1.807, 2.05) is 0 Å². The van der Waals surface area contributed by atoms with Crippen LogP contribution in [0.4, 0.5) is 0 Å². The molecule has 0 amide bonds. The Bertz CT molecular complexity index is 265. The maximum Gasteiger partial charge on any atom is 0.183 e. The summed E-state index contributed by atoms with van der Waals surface area (Å²) in [5.41, 5.74) is 0. The Labute approximate surface area is 160 Å². The van der Waals surface area contributed by atoms with E-state index in [9.17, 15) is 0 Å². The second-order valence-electron chi connectivity index (χ2n) is 8.80. The second-order valence-corrected chi connectivity index (χ2v) is 8.80. The minimum absolute atomic E-state index is 0.418. The molecule has 0 aliphatic heterocycles. The molecule has 0 aromatic carbocycles. The van der Waals surface area contributed by atoms with E-state index >= 15 is 0 Å². The van der Waals surface area contributed by atoms with Crippen LogP contribution in [0.1, 0.15) is 117 Å². The Hall–Kier alpha value is -0.0800. The maximum absolute atomic E-state index is 6.10. The largest absolute Gasteiger partial charge is 0.329 e. The highest BCUT2D eigenvalue weighted by Crippen LogP contribution is 2.13. The van der Waals surface area contributed by atoms with E-state index < -0.39 is 0 Å². The molecule has 0 saturated heterocycles. The zero-order chi connectivity index (χ0) is 18.8. The molecule has 1 atom stereocenters. The number of quaternary nitrogens is 1. The van der Waals surface area contributed by atoms with Crippen molar-refractivity contribution in [3.05, 3.63) is 0 Å². The van der Waals surface area contributed by atoms with Crippen LogP contribution in [0.25, 0.3) is 0 Å². The van der Waals surface area contributed by atoms with Crippen molar-refractivity contribution in [2.45, 2.75) is 123 Å². The van der Waals surface area contributed by atoms with E-state index in [1.54, 1.807) is 0 Å². The second kappa shape index (κ2) is 17.3. The van der Waals surface area contributed by atoms with Crippen LogP contribution in [0.5, 0.6) is 0 Å². The fourth-order valence-electron chi connectivity index (χ4n) is 3.36. The zero-order valence-electron chi connectivity index (χ0n) is 18.5. The number of hydrogen-bond donors (Lipinski definition) is 0. The van der Waals surface area contributed by atoms with Gasteiger partial charge in [0.25, 0.3) is 0 Å². The van der Waals surface area contributed by atoms with Crippen LogP contribution in [-0.2, 0) is 4.74 Å². The molecule has 2 nitrogen and oxygen atoms in total. The normalized spacial score (nSPS) is 13.3. The number of hydrogen-bond acceptors (Lipinski definition) is 1. The molecule has 0 heterocycles.